The van der Waals surface area contributed by atoms with Crippen LogP contribution in [0.4, 0.5) is 13.2 Å². The van der Waals surface area contributed by atoms with E-state index in [1.165, 1.54) is 0 Å². The van der Waals surface area contributed by atoms with Crippen molar-refractivity contribution in [1.29, 1.82) is 0 Å². The zero-order valence-electron chi connectivity index (χ0n) is 6.45. The Kier molecular flexibility index (Phi) is 2.34. The highest BCUT2D eigenvalue weighted by atomic mass is 35.5. The largest absolute Gasteiger partial charge is 0.394 e. The van der Waals surface area contributed by atoms with Crippen molar-refractivity contribution in [2.24, 2.45) is 11.3 Å². The zero-order valence-corrected chi connectivity index (χ0v) is 7.26. The molecule has 1 aliphatic heterocycles. The summed E-state index contributed by atoms with van der Waals surface area (Å²) in [5.41, 5.74) is -1.28. The molecule has 1 aliphatic carbocycles. The van der Waals surface area contributed by atoms with Crippen LogP contribution in [0.15, 0.2) is 0 Å². The third-order valence-corrected chi connectivity index (χ3v) is 2.94. The van der Waals surface area contributed by atoms with Crippen LogP contribution in [0.1, 0.15) is 12.8 Å². The highest BCUT2D eigenvalue weighted by Crippen LogP contribution is 2.65. The Labute approximate surface area is 75.1 Å². The minimum absolute atomic E-state index is 0. The average molecular weight is 202 g/mol. The van der Waals surface area contributed by atoms with Crippen molar-refractivity contribution in [1.82, 2.24) is 5.32 Å². The smallest absolute Gasteiger partial charge is 0.316 e. The number of alkyl halides is 3. The van der Waals surface area contributed by atoms with Crippen LogP contribution >= 0.6 is 12.4 Å². The molecule has 1 heterocycles. The SMILES string of the molecule is Cl.FC(F)(F)C12CCNCC1C2. The summed E-state index contributed by atoms with van der Waals surface area (Å²) < 4.78 is 37.0. The van der Waals surface area contributed by atoms with Gasteiger partial charge in [-0.1, -0.05) is 0 Å². The molecule has 2 aliphatic rings. The lowest BCUT2D eigenvalue weighted by Crippen LogP contribution is -2.37. The molecule has 0 radical (unpaired) electrons. The lowest BCUT2D eigenvalue weighted by molar-refractivity contribution is -0.195. The first kappa shape index (κ1) is 10.1. The van der Waals surface area contributed by atoms with Gasteiger partial charge in [0.15, 0.2) is 0 Å². The van der Waals surface area contributed by atoms with Crippen molar-refractivity contribution >= 4 is 12.4 Å². The fraction of sp³-hybridized carbons (Fsp3) is 1.00. The molecule has 5 heteroatoms. The van der Waals surface area contributed by atoms with Crippen LogP contribution < -0.4 is 5.32 Å². The third-order valence-electron chi connectivity index (χ3n) is 2.94. The standard InChI is InChI=1S/C7H10F3N.ClH/c8-7(9,10)6-1-2-11-4-5(6)3-6;/h5,11H,1-4H2;1H. The number of piperidine rings is 1. The van der Waals surface area contributed by atoms with Gasteiger partial charge in [0.25, 0.3) is 0 Å². The second-order valence-corrected chi connectivity index (χ2v) is 3.51. The number of hydrogen-bond acceptors (Lipinski definition) is 1. The van der Waals surface area contributed by atoms with Gasteiger partial charge in [0.05, 0.1) is 5.41 Å². The van der Waals surface area contributed by atoms with Crippen LogP contribution in [0.5, 0.6) is 0 Å². The second kappa shape index (κ2) is 2.77. The highest BCUT2D eigenvalue weighted by molar-refractivity contribution is 5.85. The Bertz CT molecular complexity index is 182. The van der Waals surface area contributed by atoms with Crippen molar-refractivity contribution < 1.29 is 13.2 Å². The van der Waals surface area contributed by atoms with E-state index in [2.05, 4.69) is 5.32 Å². The average Bonchev–Trinajstić information content (AvgIpc) is 2.59. The molecular weight excluding hydrogens is 191 g/mol. The van der Waals surface area contributed by atoms with Crippen LogP contribution in [0.25, 0.3) is 0 Å². The van der Waals surface area contributed by atoms with Gasteiger partial charge < -0.3 is 5.32 Å². The van der Waals surface area contributed by atoms with E-state index >= 15 is 0 Å². The molecule has 12 heavy (non-hydrogen) atoms. The predicted molar refractivity (Wildman–Crippen MR) is 41.3 cm³/mol. The first-order valence-electron chi connectivity index (χ1n) is 3.84. The van der Waals surface area contributed by atoms with Crippen molar-refractivity contribution in [2.45, 2.75) is 19.0 Å². The van der Waals surface area contributed by atoms with Gasteiger partial charge >= 0.3 is 6.18 Å². The Balaban J connectivity index is 0.000000720. The van der Waals surface area contributed by atoms with Crippen molar-refractivity contribution in [3.05, 3.63) is 0 Å². The summed E-state index contributed by atoms with van der Waals surface area (Å²) in [6, 6.07) is 0. The predicted octanol–water partition coefficient (Wildman–Crippen LogP) is 1.97. The molecule has 1 N–H and O–H groups in total. The minimum atomic E-state index is -3.96. The number of nitrogens with one attached hydrogen (secondary N) is 1. The molecule has 0 aromatic carbocycles. The van der Waals surface area contributed by atoms with Gasteiger partial charge in [0, 0.05) is 0 Å². The molecule has 2 atom stereocenters. The van der Waals surface area contributed by atoms with Crippen molar-refractivity contribution in [2.75, 3.05) is 13.1 Å². The van der Waals surface area contributed by atoms with E-state index in [4.69, 9.17) is 0 Å². The van der Waals surface area contributed by atoms with Gasteiger partial charge in [-0.3, -0.25) is 0 Å². The van der Waals surface area contributed by atoms with Crippen molar-refractivity contribution in [3.8, 4) is 0 Å². The van der Waals surface area contributed by atoms with Gasteiger partial charge in [0.2, 0.25) is 0 Å². The molecule has 0 aromatic heterocycles. The van der Waals surface area contributed by atoms with Crippen LogP contribution in [-0.4, -0.2) is 19.3 Å². The molecule has 0 spiro atoms. The Morgan fingerprint density at radius 3 is 2.42 bits per heavy atom. The van der Waals surface area contributed by atoms with E-state index in [0.717, 1.165) is 0 Å². The topological polar surface area (TPSA) is 12.0 Å². The third kappa shape index (κ3) is 1.21. The summed E-state index contributed by atoms with van der Waals surface area (Å²) >= 11 is 0. The maximum absolute atomic E-state index is 12.3. The van der Waals surface area contributed by atoms with Gasteiger partial charge in [-0.25, -0.2) is 0 Å². The molecule has 2 unspecified atom stereocenters. The van der Waals surface area contributed by atoms with E-state index in [-0.39, 0.29) is 24.7 Å². The van der Waals surface area contributed by atoms with Crippen LogP contribution in [0.3, 0.4) is 0 Å². The lowest BCUT2D eigenvalue weighted by atomic mass is 9.96. The van der Waals surface area contributed by atoms with E-state index in [1.54, 1.807) is 0 Å². The zero-order chi connectivity index (χ0) is 8.11. The van der Waals surface area contributed by atoms with Crippen LogP contribution in [0.2, 0.25) is 0 Å². The van der Waals surface area contributed by atoms with Crippen LogP contribution in [0, 0.1) is 11.3 Å². The number of halogens is 4. The first-order chi connectivity index (χ1) is 5.06. The fourth-order valence-corrected chi connectivity index (χ4v) is 2.03. The summed E-state index contributed by atoms with van der Waals surface area (Å²) in [6.45, 7) is 1.08. The normalized spacial score (nSPS) is 39.8. The summed E-state index contributed by atoms with van der Waals surface area (Å²) in [7, 11) is 0. The Morgan fingerprint density at radius 1 is 1.33 bits per heavy atom. The summed E-state index contributed by atoms with van der Waals surface area (Å²) in [4.78, 5) is 0. The molecule has 2 fully saturated rings. The minimum Gasteiger partial charge on any atom is -0.316 e. The van der Waals surface area contributed by atoms with Crippen LogP contribution in [-0.2, 0) is 0 Å². The maximum Gasteiger partial charge on any atom is 0.394 e. The van der Waals surface area contributed by atoms with Gasteiger partial charge in [0.1, 0.15) is 0 Å². The molecule has 1 nitrogen and oxygen atoms in total. The van der Waals surface area contributed by atoms with E-state index in [1.807, 2.05) is 0 Å². The fourth-order valence-electron chi connectivity index (χ4n) is 2.03. The van der Waals surface area contributed by atoms with Gasteiger partial charge in [-0.15, -0.1) is 12.4 Å². The quantitative estimate of drug-likeness (QED) is 0.632. The first-order valence-corrected chi connectivity index (χ1v) is 3.84. The van der Waals surface area contributed by atoms with Crippen molar-refractivity contribution in [3.63, 3.8) is 0 Å². The number of fused-ring (bicyclic) bond motifs is 1. The molecule has 1 saturated carbocycles. The monoisotopic (exact) mass is 201 g/mol. The molecule has 0 aromatic rings. The second-order valence-electron chi connectivity index (χ2n) is 3.51. The van der Waals surface area contributed by atoms with E-state index in [0.29, 0.717) is 19.5 Å². The number of hydrogen-bond donors (Lipinski definition) is 1. The molecular formula is C7H11ClF3N. The maximum atomic E-state index is 12.3. The van der Waals surface area contributed by atoms with Gasteiger partial charge in [-0.05, 0) is 31.8 Å². The molecule has 0 amide bonds. The lowest BCUT2D eigenvalue weighted by Gasteiger charge is -2.25. The summed E-state index contributed by atoms with van der Waals surface area (Å²) in [5, 5.41) is 2.97. The number of rotatable bonds is 0. The van der Waals surface area contributed by atoms with Gasteiger partial charge in [-0.2, -0.15) is 13.2 Å². The highest BCUT2D eigenvalue weighted by Gasteiger charge is 2.70. The summed E-state index contributed by atoms with van der Waals surface area (Å²) in [5.74, 6) is -0.128. The Hall–Kier alpha value is 0.0400. The molecule has 0 bridgehead atoms. The Morgan fingerprint density at radius 2 is 2.00 bits per heavy atom. The summed E-state index contributed by atoms with van der Waals surface area (Å²) in [6.07, 6.45) is -3.33. The van der Waals surface area contributed by atoms with E-state index < -0.39 is 11.6 Å². The molecule has 72 valence electrons. The molecule has 2 rings (SSSR count). The van der Waals surface area contributed by atoms with E-state index in [9.17, 15) is 13.2 Å². The molecule has 1 saturated heterocycles.